The molecule has 0 aliphatic carbocycles. The molecule has 2 heterocycles. The third-order valence-electron chi connectivity index (χ3n) is 3.22. The molecule has 3 rings (SSSR count). The van der Waals surface area contributed by atoms with Crippen molar-refractivity contribution in [2.75, 3.05) is 7.11 Å². The number of benzene rings is 1. The van der Waals surface area contributed by atoms with Gasteiger partial charge in [-0.15, -0.1) is 0 Å². The monoisotopic (exact) mass is 313 g/mol. The van der Waals surface area contributed by atoms with E-state index in [2.05, 4.69) is 15.3 Å². The zero-order chi connectivity index (χ0) is 15.4. The van der Waals surface area contributed by atoms with E-state index in [9.17, 15) is 4.79 Å². The van der Waals surface area contributed by atoms with Gasteiger partial charge in [-0.3, -0.25) is 4.79 Å². The summed E-state index contributed by atoms with van der Waals surface area (Å²) >= 11 is 1.44. The average molecular weight is 313 g/mol. The maximum atomic E-state index is 12.0. The van der Waals surface area contributed by atoms with E-state index >= 15 is 0 Å². The standard InChI is InChI=1S/C16H15N3O2S/c1-21-12-7-5-11(6-8-12)10-13-15(20)19-16(22-13)18-14-4-2-3-9-17-14/h2-9,13H,10H2,1H3,(H,17,18,19,20)/t13-/m1/s1. The number of carbonyl (C=O) groups excluding carboxylic acids is 1. The first kappa shape index (κ1) is 14.6. The van der Waals surface area contributed by atoms with Gasteiger partial charge in [0.25, 0.3) is 0 Å². The van der Waals surface area contributed by atoms with Crippen molar-refractivity contribution < 1.29 is 9.53 Å². The number of carbonyl (C=O) groups is 1. The Bertz CT molecular complexity index is 686. The Morgan fingerprint density at radius 1 is 1.27 bits per heavy atom. The molecule has 1 saturated heterocycles. The summed E-state index contributed by atoms with van der Waals surface area (Å²) in [5.41, 5.74) is 1.09. The lowest BCUT2D eigenvalue weighted by Gasteiger charge is -2.06. The molecular formula is C16H15N3O2S. The van der Waals surface area contributed by atoms with E-state index < -0.39 is 0 Å². The normalized spacial score (nSPS) is 19.2. The zero-order valence-electron chi connectivity index (χ0n) is 12.0. The van der Waals surface area contributed by atoms with Gasteiger partial charge in [0.2, 0.25) is 5.91 Å². The van der Waals surface area contributed by atoms with Crippen molar-refractivity contribution >= 4 is 28.7 Å². The molecule has 1 fully saturated rings. The van der Waals surface area contributed by atoms with Crippen LogP contribution in [0.4, 0.5) is 5.82 Å². The molecule has 1 amide bonds. The number of aliphatic imine (C=N–C) groups is 1. The summed E-state index contributed by atoms with van der Waals surface area (Å²) in [5.74, 6) is 1.38. The number of ether oxygens (including phenoxy) is 1. The van der Waals surface area contributed by atoms with Crippen molar-refractivity contribution in [3.05, 3.63) is 54.2 Å². The van der Waals surface area contributed by atoms with E-state index in [-0.39, 0.29) is 11.2 Å². The van der Waals surface area contributed by atoms with Crippen LogP contribution in [-0.4, -0.2) is 28.4 Å². The number of nitrogens with zero attached hydrogens (tertiary/aromatic N) is 2. The first-order chi connectivity index (χ1) is 10.7. The highest BCUT2D eigenvalue weighted by Gasteiger charge is 2.30. The fourth-order valence-corrected chi connectivity index (χ4v) is 3.11. The van der Waals surface area contributed by atoms with Crippen LogP contribution in [0.15, 0.2) is 53.7 Å². The quantitative estimate of drug-likeness (QED) is 0.942. The van der Waals surface area contributed by atoms with E-state index in [0.717, 1.165) is 11.3 Å². The maximum absolute atomic E-state index is 12.0. The minimum atomic E-state index is -0.171. The van der Waals surface area contributed by atoms with Crippen LogP contribution >= 0.6 is 11.8 Å². The van der Waals surface area contributed by atoms with Crippen molar-refractivity contribution in [3.63, 3.8) is 0 Å². The first-order valence-electron chi connectivity index (χ1n) is 6.85. The fourth-order valence-electron chi connectivity index (χ4n) is 2.09. The Morgan fingerprint density at radius 3 is 2.77 bits per heavy atom. The third kappa shape index (κ3) is 3.46. The zero-order valence-corrected chi connectivity index (χ0v) is 12.8. The summed E-state index contributed by atoms with van der Waals surface area (Å²) in [6.07, 6.45) is 2.33. The van der Waals surface area contributed by atoms with Crippen LogP contribution < -0.4 is 10.1 Å². The Kier molecular flexibility index (Phi) is 4.39. The van der Waals surface area contributed by atoms with Gasteiger partial charge in [0.1, 0.15) is 5.75 Å². The second kappa shape index (κ2) is 6.62. The molecule has 2 aromatic rings. The number of amidine groups is 1. The number of amides is 1. The summed E-state index contributed by atoms with van der Waals surface area (Å²) in [6, 6.07) is 13.2. The molecule has 1 atom stereocenters. The summed E-state index contributed by atoms with van der Waals surface area (Å²) in [5, 5.41) is 3.23. The average Bonchev–Trinajstić information content (AvgIpc) is 2.88. The SMILES string of the molecule is COc1ccc(C[C@H]2S/C(=N/c3ccccn3)NC2=O)cc1. The molecule has 1 aliphatic heterocycles. The molecule has 1 aliphatic rings. The second-order valence-electron chi connectivity index (χ2n) is 4.75. The van der Waals surface area contributed by atoms with E-state index in [1.165, 1.54) is 11.8 Å². The van der Waals surface area contributed by atoms with Crippen LogP contribution in [0.2, 0.25) is 0 Å². The van der Waals surface area contributed by atoms with Gasteiger partial charge < -0.3 is 10.1 Å². The second-order valence-corrected chi connectivity index (χ2v) is 5.94. The molecule has 0 radical (unpaired) electrons. The van der Waals surface area contributed by atoms with Crippen LogP contribution in [-0.2, 0) is 11.2 Å². The van der Waals surface area contributed by atoms with Crippen molar-refractivity contribution in [3.8, 4) is 5.75 Å². The van der Waals surface area contributed by atoms with Crippen molar-refractivity contribution in [1.29, 1.82) is 0 Å². The topological polar surface area (TPSA) is 63.6 Å². The molecule has 22 heavy (non-hydrogen) atoms. The number of pyridine rings is 1. The summed E-state index contributed by atoms with van der Waals surface area (Å²) < 4.78 is 5.13. The highest BCUT2D eigenvalue weighted by Crippen LogP contribution is 2.25. The van der Waals surface area contributed by atoms with Gasteiger partial charge in [-0.25, -0.2) is 9.98 Å². The van der Waals surface area contributed by atoms with Crippen LogP contribution in [0, 0.1) is 0 Å². The predicted molar refractivity (Wildman–Crippen MR) is 87.6 cm³/mol. The largest absolute Gasteiger partial charge is 0.497 e. The lowest BCUT2D eigenvalue weighted by atomic mass is 10.1. The van der Waals surface area contributed by atoms with Gasteiger partial charge in [-0.05, 0) is 36.2 Å². The van der Waals surface area contributed by atoms with Crippen molar-refractivity contribution in [2.24, 2.45) is 4.99 Å². The van der Waals surface area contributed by atoms with E-state index in [4.69, 9.17) is 4.74 Å². The molecule has 6 heteroatoms. The summed E-state index contributed by atoms with van der Waals surface area (Å²) in [6.45, 7) is 0. The van der Waals surface area contributed by atoms with Crippen molar-refractivity contribution in [1.82, 2.24) is 10.3 Å². The van der Waals surface area contributed by atoms with Gasteiger partial charge in [-0.2, -0.15) is 0 Å². The van der Waals surface area contributed by atoms with E-state index in [1.807, 2.05) is 36.4 Å². The molecular weight excluding hydrogens is 298 g/mol. The van der Waals surface area contributed by atoms with Gasteiger partial charge >= 0.3 is 0 Å². The third-order valence-corrected chi connectivity index (χ3v) is 4.30. The van der Waals surface area contributed by atoms with Crippen LogP contribution in [0.1, 0.15) is 5.56 Å². The Hall–Kier alpha value is -2.34. The molecule has 0 spiro atoms. The number of thioether (sulfide) groups is 1. The molecule has 1 N–H and O–H groups in total. The summed E-state index contributed by atoms with van der Waals surface area (Å²) in [7, 11) is 1.63. The molecule has 0 saturated carbocycles. The molecule has 5 nitrogen and oxygen atoms in total. The maximum Gasteiger partial charge on any atom is 0.239 e. The van der Waals surface area contributed by atoms with E-state index in [0.29, 0.717) is 17.4 Å². The smallest absolute Gasteiger partial charge is 0.239 e. The lowest BCUT2D eigenvalue weighted by molar-refractivity contribution is -0.118. The lowest BCUT2D eigenvalue weighted by Crippen LogP contribution is -2.25. The predicted octanol–water partition coefficient (Wildman–Crippen LogP) is 2.55. The molecule has 0 unspecified atom stereocenters. The van der Waals surface area contributed by atoms with Gasteiger partial charge in [0.05, 0.1) is 12.4 Å². The van der Waals surface area contributed by atoms with Crippen LogP contribution in [0.5, 0.6) is 5.75 Å². The Morgan fingerprint density at radius 2 is 2.09 bits per heavy atom. The summed E-state index contributed by atoms with van der Waals surface area (Å²) in [4.78, 5) is 20.5. The van der Waals surface area contributed by atoms with Gasteiger partial charge in [-0.1, -0.05) is 30.0 Å². The fraction of sp³-hybridized carbons (Fsp3) is 0.188. The number of hydrogen-bond acceptors (Lipinski definition) is 5. The van der Waals surface area contributed by atoms with Crippen LogP contribution in [0.3, 0.4) is 0 Å². The minimum absolute atomic E-state index is 0.0181. The molecule has 0 bridgehead atoms. The number of hydrogen-bond donors (Lipinski definition) is 1. The number of rotatable bonds is 4. The highest BCUT2D eigenvalue weighted by atomic mass is 32.2. The van der Waals surface area contributed by atoms with Gasteiger partial charge in [0.15, 0.2) is 11.0 Å². The van der Waals surface area contributed by atoms with Gasteiger partial charge in [0, 0.05) is 6.20 Å². The number of methoxy groups -OCH3 is 1. The Balaban J connectivity index is 1.68. The van der Waals surface area contributed by atoms with Crippen molar-refractivity contribution in [2.45, 2.75) is 11.7 Å². The molecule has 1 aromatic heterocycles. The first-order valence-corrected chi connectivity index (χ1v) is 7.73. The number of aromatic nitrogens is 1. The van der Waals surface area contributed by atoms with Crippen LogP contribution in [0.25, 0.3) is 0 Å². The minimum Gasteiger partial charge on any atom is -0.497 e. The number of nitrogens with one attached hydrogen (secondary N) is 1. The molecule has 1 aromatic carbocycles. The highest BCUT2D eigenvalue weighted by molar-refractivity contribution is 8.15. The molecule has 112 valence electrons. The van der Waals surface area contributed by atoms with E-state index in [1.54, 1.807) is 19.4 Å². The Labute approximate surface area is 132 Å².